The molecule has 0 fully saturated rings. The van der Waals surface area contributed by atoms with E-state index in [4.69, 9.17) is 16.0 Å². The molecule has 106 valence electrons. The lowest BCUT2D eigenvalue weighted by atomic mass is 10.3. The minimum atomic E-state index is -4.81. The molecule has 0 amide bonds. The fourth-order valence-electron chi connectivity index (χ4n) is 0.976. The number of rotatable bonds is 6. The molecule has 0 aliphatic carbocycles. The van der Waals surface area contributed by atoms with Crippen molar-refractivity contribution in [2.45, 2.75) is 38.0 Å². The standard InChI is InChI=1S/C8H16N2O7S/c1-4(9)16-7(11)3-6(18(13,14)15)8(12)17-5(2)10/h4-6H,3,9-10H2,1-2H3,(H,13,14,15). The molecule has 3 atom stereocenters. The second-order valence-corrected chi connectivity index (χ2v) is 5.14. The zero-order chi connectivity index (χ0) is 14.5. The normalized spacial score (nSPS) is 16.5. The molecule has 5 N–H and O–H groups in total. The number of nitrogens with two attached hydrogens (primary N) is 2. The van der Waals surface area contributed by atoms with E-state index >= 15 is 0 Å². The van der Waals surface area contributed by atoms with Crippen LogP contribution in [0.5, 0.6) is 0 Å². The number of carbonyl (C=O) groups excluding carboxylic acids is 2. The minimum absolute atomic E-state index is 0.911. The van der Waals surface area contributed by atoms with Gasteiger partial charge >= 0.3 is 11.9 Å². The van der Waals surface area contributed by atoms with Crippen LogP contribution < -0.4 is 11.5 Å². The highest BCUT2D eigenvalue weighted by atomic mass is 32.2. The molecule has 0 saturated carbocycles. The van der Waals surface area contributed by atoms with Gasteiger partial charge in [-0.2, -0.15) is 8.42 Å². The molecule has 0 aliphatic heterocycles. The van der Waals surface area contributed by atoms with Gasteiger partial charge in [-0.25, -0.2) is 0 Å². The maximum Gasteiger partial charge on any atom is 0.329 e. The van der Waals surface area contributed by atoms with Crippen molar-refractivity contribution < 1.29 is 32.0 Å². The number of esters is 2. The Morgan fingerprint density at radius 3 is 1.94 bits per heavy atom. The lowest BCUT2D eigenvalue weighted by Gasteiger charge is -2.15. The Labute approximate surface area is 104 Å². The van der Waals surface area contributed by atoms with Crippen molar-refractivity contribution in [2.75, 3.05) is 0 Å². The SMILES string of the molecule is CC(N)OC(=O)CC(C(=O)OC(C)N)S(=O)(=O)O. The average Bonchev–Trinajstić information content (AvgIpc) is 2.09. The maximum absolute atomic E-state index is 11.3. The Hall–Kier alpha value is -1.23. The van der Waals surface area contributed by atoms with E-state index in [1.54, 1.807) is 0 Å². The third-order valence-electron chi connectivity index (χ3n) is 1.59. The Balaban J connectivity index is 4.82. The van der Waals surface area contributed by atoms with Gasteiger partial charge in [-0.3, -0.25) is 25.6 Å². The van der Waals surface area contributed by atoms with Gasteiger partial charge in [0.1, 0.15) is 12.5 Å². The average molecular weight is 284 g/mol. The Morgan fingerprint density at radius 2 is 1.61 bits per heavy atom. The number of carbonyl (C=O) groups is 2. The molecule has 0 aromatic rings. The van der Waals surface area contributed by atoms with Crippen LogP contribution in [0.2, 0.25) is 0 Å². The first-order valence-corrected chi connectivity index (χ1v) is 6.41. The quantitative estimate of drug-likeness (QED) is 0.294. The smallest absolute Gasteiger partial charge is 0.329 e. The zero-order valence-corrected chi connectivity index (χ0v) is 10.7. The van der Waals surface area contributed by atoms with Gasteiger partial charge in [0.15, 0.2) is 5.25 Å². The predicted molar refractivity (Wildman–Crippen MR) is 59.4 cm³/mol. The topological polar surface area (TPSA) is 159 Å². The monoisotopic (exact) mass is 284 g/mol. The van der Waals surface area contributed by atoms with Gasteiger partial charge in [0.05, 0.1) is 6.42 Å². The third kappa shape index (κ3) is 6.49. The van der Waals surface area contributed by atoms with Crippen molar-refractivity contribution in [1.29, 1.82) is 0 Å². The molecule has 0 spiro atoms. The summed E-state index contributed by atoms with van der Waals surface area (Å²) in [7, 11) is -4.81. The van der Waals surface area contributed by atoms with Gasteiger partial charge in [0.2, 0.25) is 0 Å². The van der Waals surface area contributed by atoms with E-state index in [0.717, 1.165) is 0 Å². The summed E-state index contributed by atoms with van der Waals surface area (Å²) in [5.74, 6) is -2.40. The summed E-state index contributed by atoms with van der Waals surface area (Å²) in [6.45, 7) is 2.61. The summed E-state index contributed by atoms with van der Waals surface area (Å²) in [6, 6.07) is 0. The van der Waals surface area contributed by atoms with Gasteiger partial charge in [0, 0.05) is 0 Å². The van der Waals surface area contributed by atoms with Crippen LogP contribution in [0.25, 0.3) is 0 Å². The molecule has 0 aromatic carbocycles. The van der Waals surface area contributed by atoms with Crippen LogP contribution in [0.15, 0.2) is 0 Å². The van der Waals surface area contributed by atoms with Crippen molar-refractivity contribution >= 4 is 22.1 Å². The molecule has 0 saturated heterocycles. The third-order valence-corrected chi connectivity index (χ3v) is 2.67. The summed E-state index contributed by atoms with van der Waals surface area (Å²) >= 11 is 0. The molecule has 0 radical (unpaired) electrons. The van der Waals surface area contributed by atoms with Crippen LogP contribution in [0.3, 0.4) is 0 Å². The Bertz CT molecular complexity index is 404. The van der Waals surface area contributed by atoms with E-state index in [1.807, 2.05) is 0 Å². The number of hydrogen-bond acceptors (Lipinski definition) is 8. The Morgan fingerprint density at radius 1 is 1.17 bits per heavy atom. The summed E-state index contributed by atoms with van der Waals surface area (Å²) < 4.78 is 39.6. The fourth-order valence-corrected chi connectivity index (χ4v) is 1.62. The molecule has 3 unspecified atom stereocenters. The van der Waals surface area contributed by atoms with Gasteiger partial charge in [-0.1, -0.05) is 0 Å². The highest BCUT2D eigenvalue weighted by Crippen LogP contribution is 2.09. The van der Waals surface area contributed by atoms with Gasteiger partial charge in [0.25, 0.3) is 10.1 Å². The van der Waals surface area contributed by atoms with E-state index in [2.05, 4.69) is 9.47 Å². The van der Waals surface area contributed by atoms with Gasteiger partial charge < -0.3 is 9.47 Å². The summed E-state index contributed by atoms with van der Waals surface area (Å²) in [6.07, 6.45) is -2.96. The van der Waals surface area contributed by atoms with Crippen LogP contribution in [0.4, 0.5) is 0 Å². The molecule has 0 aromatic heterocycles. The molecule has 18 heavy (non-hydrogen) atoms. The largest absolute Gasteiger partial charge is 0.447 e. The molecule has 0 heterocycles. The van der Waals surface area contributed by atoms with Crippen LogP contribution in [0, 0.1) is 0 Å². The molecule has 10 heteroatoms. The van der Waals surface area contributed by atoms with Gasteiger partial charge in [-0.05, 0) is 13.8 Å². The van der Waals surface area contributed by atoms with E-state index in [0.29, 0.717) is 0 Å². The van der Waals surface area contributed by atoms with Crippen molar-refractivity contribution in [1.82, 2.24) is 0 Å². The van der Waals surface area contributed by atoms with Crippen molar-refractivity contribution in [3.05, 3.63) is 0 Å². The fraction of sp³-hybridized carbons (Fsp3) is 0.750. The zero-order valence-electron chi connectivity index (χ0n) is 9.90. The van der Waals surface area contributed by atoms with Crippen LogP contribution >= 0.6 is 0 Å². The lowest BCUT2D eigenvalue weighted by molar-refractivity contribution is -0.154. The van der Waals surface area contributed by atoms with Crippen LogP contribution in [-0.2, 0) is 29.2 Å². The van der Waals surface area contributed by atoms with Crippen LogP contribution in [-0.4, -0.2) is 42.6 Å². The first kappa shape index (κ1) is 16.8. The molecular weight excluding hydrogens is 268 g/mol. The summed E-state index contributed by atoms with van der Waals surface area (Å²) in [4.78, 5) is 22.5. The van der Waals surface area contributed by atoms with E-state index in [-0.39, 0.29) is 0 Å². The van der Waals surface area contributed by atoms with Crippen molar-refractivity contribution in [3.63, 3.8) is 0 Å². The van der Waals surface area contributed by atoms with Crippen molar-refractivity contribution in [2.24, 2.45) is 11.5 Å². The highest BCUT2D eigenvalue weighted by molar-refractivity contribution is 7.87. The molecule has 0 bridgehead atoms. The number of ether oxygens (including phenoxy) is 2. The minimum Gasteiger partial charge on any atom is -0.447 e. The first-order chi connectivity index (χ1) is 8.04. The number of hydrogen-bond donors (Lipinski definition) is 3. The second-order valence-electron chi connectivity index (χ2n) is 3.54. The highest BCUT2D eigenvalue weighted by Gasteiger charge is 2.36. The summed E-state index contributed by atoms with van der Waals surface area (Å²) in [5.41, 5.74) is 10.3. The maximum atomic E-state index is 11.3. The van der Waals surface area contributed by atoms with Gasteiger partial charge in [-0.15, -0.1) is 0 Å². The first-order valence-electron chi connectivity index (χ1n) is 4.91. The molecule has 0 rings (SSSR count). The van der Waals surface area contributed by atoms with Crippen LogP contribution in [0.1, 0.15) is 20.3 Å². The molecule has 9 nitrogen and oxygen atoms in total. The lowest BCUT2D eigenvalue weighted by Crippen LogP contribution is -2.38. The van der Waals surface area contributed by atoms with E-state index in [9.17, 15) is 18.0 Å². The second kappa shape index (κ2) is 6.64. The summed E-state index contributed by atoms with van der Waals surface area (Å²) in [5, 5.41) is -2.09. The van der Waals surface area contributed by atoms with E-state index < -0.39 is 46.2 Å². The Kier molecular flexibility index (Phi) is 6.18. The molecular formula is C8H16N2O7S. The predicted octanol–water partition coefficient (Wildman–Crippen LogP) is -1.67. The van der Waals surface area contributed by atoms with Crippen molar-refractivity contribution in [3.8, 4) is 0 Å². The van der Waals surface area contributed by atoms with E-state index in [1.165, 1.54) is 13.8 Å². The molecule has 0 aliphatic rings.